The molecule has 29 heavy (non-hydrogen) atoms. The summed E-state index contributed by atoms with van der Waals surface area (Å²) in [5.74, 6) is 0. The van der Waals surface area contributed by atoms with Crippen molar-refractivity contribution < 1.29 is 0 Å². The van der Waals surface area contributed by atoms with E-state index < -0.39 is 0 Å². The molecule has 3 heterocycles. The van der Waals surface area contributed by atoms with Gasteiger partial charge in [-0.2, -0.15) is 0 Å². The first kappa shape index (κ1) is 18.5. The van der Waals surface area contributed by atoms with Gasteiger partial charge in [-0.05, 0) is 48.5 Å². The number of hydrogen-bond donors (Lipinski definition) is 0. The monoisotopic (exact) mass is 379 g/mol. The zero-order chi connectivity index (χ0) is 19.7. The topological polar surface area (TPSA) is 54.3 Å². The number of rotatable bonds is 7. The molecule has 4 aromatic rings. The Labute approximate surface area is 170 Å². The lowest BCUT2D eigenvalue weighted by Gasteiger charge is -2.25. The van der Waals surface area contributed by atoms with Crippen molar-refractivity contribution in [1.29, 1.82) is 0 Å². The molecule has 5 nitrogen and oxygen atoms in total. The fraction of sp³-hybridized carbons (Fsp3) is 0.0833. The van der Waals surface area contributed by atoms with E-state index in [0.717, 1.165) is 28.5 Å². The summed E-state index contributed by atoms with van der Waals surface area (Å²) in [6.07, 6.45) is 7.19. The highest BCUT2D eigenvalue weighted by Crippen LogP contribution is 2.30. The van der Waals surface area contributed by atoms with Crippen molar-refractivity contribution in [2.75, 3.05) is 4.90 Å². The minimum Gasteiger partial charge on any atom is -0.358 e. The summed E-state index contributed by atoms with van der Waals surface area (Å²) >= 11 is 0. The van der Waals surface area contributed by atoms with Crippen LogP contribution in [0.3, 0.4) is 0 Å². The molecule has 0 aliphatic heterocycles. The Morgan fingerprint density at radius 1 is 0.655 bits per heavy atom. The number of hydrogen-bond acceptors (Lipinski definition) is 5. The number of aliphatic imine (C=N–C) groups is 1. The van der Waals surface area contributed by atoms with Gasteiger partial charge in [-0.15, -0.1) is 0 Å². The number of nitrogens with zero attached hydrogens (tertiary/aromatic N) is 5. The van der Waals surface area contributed by atoms with E-state index in [2.05, 4.69) is 25.9 Å². The molecule has 0 saturated heterocycles. The fourth-order valence-electron chi connectivity index (χ4n) is 3.03. The van der Waals surface area contributed by atoms with E-state index in [1.165, 1.54) is 0 Å². The zero-order valence-corrected chi connectivity index (χ0v) is 16.0. The highest BCUT2D eigenvalue weighted by atomic mass is 15.2. The smallest absolute Gasteiger partial charge is 0.0864 e. The van der Waals surface area contributed by atoms with Crippen LogP contribution in [0.1, 0.15) is 17.1 Å². The quantitative estimate of drug-likeness (QED) is 0.432. The number of anilines is 1. The van der Waals surface area contributed by atoms with Crippen LogP contribution < -0.4 is 4.90 Å². The average Bonchev–Trinajstić information content (AvgIpc) is 2.80. The van der Waals surface area contributed by atoms with Gasteiger partial charge in [-0.3, -0.25) is 19.9 Å². The van der Waals surface area contributed by atoms with Gasteiger partial charge in [0.05, 0.1) is 47.8 Å². The van der Waals surface area contributed by atoms with E-state index in [4.69, 9.17) is 4.99 Å². The second kappa shape index (κ2) is 9.37. The largest absolute Gasteiger partial charge is 0.358 e. The van der Waals surface area contributed by atoms with Gasteiger partial charge >= 0.3 is 0 Å². The molecular formula is C24H21N5. The van der Waals surface area contributed by atoms with Crippen LogP contribution in [-0.4, -0.2) is 21.2 Å². The van der Waals surface area contributed by atoms with Crippen LogP contribution in [-0.2, 0) is 13.1 Å². The Kier molecular flexibility index (Phi) is 5.98. The molecule has 0 N–H and O–H groups in total. The summed E-state index contributed by atoms with van der Waals surface area (Å²) in [5.41, 5.74) is 4.71. The van der Waals surface area contributed by atoms with Crippen LogP contribution in [0.25, 0.3) is 0 Å². The van der Waals surface area contributed by atoms with Crippen molar-refractivity contribution in [1.82, 2.24) is 15.0 Å². The molecular weight excluding hydrogens is 358 g/mol. The molecule has 142 valence electrons. The SMILES string of the molecule is C(=Nc1ccccc1N(Cc1ccccn1)Cc1ccccn1)c1ccccn1. The summed E-state index contributed by atoms with van der Waals surface area (Å²) in [5, 5.41) is 0. The Balaban J connectivity index is 1.67. The van der Waals surface area contributed by atoms with Gasteiger partial charge in [0.15, 0.2) is 0 Å². The third kappa shape index (κ3) is 5.11. The van der Waals surface area contributed by atoms with Gasteiger partial charge in [-0.25, -0.2) is 0 Å². The third-order valence-corrected chi connectivity index (χ3v) is 4.40. The van der Waals surface area contributed by atoms with E-state index in [9.17, 15) is 0 Å². The average molecular weight is 379 g/mol. The van der Waals surface area contributed by atoms with Crippen molar-refractivity contribution in [3.8, 4) is 0 Å². The lowest BCUT2D eigenvalue weighted by Crippen LogP contribution is -2.23. The number of benzene rings is 1. The molecule has 4 rings (SSSR count). The Bertz CT molecular complexity index is 1010. The molecule has 1 aromatic carbocycles. The Morgan fingerprint density at radius 3 is 1.83 bits per heavy atom. The van der Waals surface area contributed by atoms with E-state index >= 15 is 0 Å². The van der Waals surface area contributed by atoms with Gasteiger partial charge < -0.3 is 4.90 Å². The van der Waals surface area contributed by atoms with Crippen molar-refractivity contribution in [2.24, 2.45) is 4.99 Å². The molecule has 0 spiro atoms. The maximum absolute atomic E-state index is 4.71. The summed E-state index contributed by atoms with van der Waals surface area (Å²) in [6, 6.07) is 25.8. The van der Waals surface area contributed by atoms with Crippen LogP contribution in [0.15, 0.2) is 102 Å². The molecule has 0 aliphatic carbocycles. The first-order chi connectivity index (χ1) is 14.4. The molecule has 0 unspecified atom stereocenters. The molecule has 5 heteroatoms. The van der Waals surface area contributed by atoms with Gasteiger partial charge in [0.25, 0.3) is 0 Å². The van der Waals surface area contributed by atoms with Crippen molar-refractivity contribution in [2.45, 2.75) is 13.1 Å². The predicted molar refractivity (Wildman–Crippen MR) is 116 cm³/mol. The van der Waals surface area contributed by atoms with Crippen molar-refractivity contribution >= 4 is 17.6 Å². The van der Waals surface area contributed by atoms with Crippen LogP contribution >= 0.6 is 0 Å². The second-order valence-corrected chi connectivity index (χ2v) is 6.50. The third-order valence-electron chi connectivity index (χ3n) is 4.40. The first-order valence-electron chi connectivity index (χ1n) is 9.47. The Hall–Kier alpha value is -3.86. The van der Waals surface area contributed by atoms with Gasteiger partial charge in [-0.1, -0.05) is 30.3 Å². The first-order valence-corrected chi connectivity index (χ1v) is 9.47. The van der Waals surface area contributed by atoms with Crippen LogP contribution in [0, 0.1) is 0 Å². The zero-order valence-electron chi connectivity index (χ0n) is 16.0. The maximum atomic E-state index is 4.71. The van der Waals surface area contributed by atoms with Gasteiger partial charge in [0.1, 0.15) is 0 Å². The molecule has 3 aromatic heterocycles. The molecule has 0 fully saturated rings. The van der Waals surface area contributed by atoms with E-state index in [1.807, 2.05) is 85.2 Å². The second-order valence-electron chi connectivity index (χ2n) is 6.50. The molecule has 0 bridgehead atoms. The van der Waals surface area contributed by atoms with Crippen LogP contribution in [0.2, 0.25) is 0 Å². The van der Waals surface area contributed by atoms with Crippen LogP contribution in [0.4, 0.5) is 11.4 Å². The predicted octanol–water partition coefficient (Wildman–Crippen LogP) is 4.83. The van der Waals surface area contributed by atoms with Gasteiger partial charge in [0, 0.05) is 18.6 Å². The molecule has 0 amide bonds. The number of pyridine rings is 3. The normalized spacial score (nSPS) is 10.9. The molecule has 0 aliphatic rings. The Morgan fingerprint density at radius 2 is 1.24 bits per heavy atom. The van der Waals surface area contributed by atoms with Crippen molar-refractivity contribution in [3.05, 3.63) is 115 Å². The minimum absolute atomic E-state index is 0.660. The van der Waals surface area contributed by atoms with Crippen LogP contribution in [0.5, 0.6) is 0 Å². The van der Waals surface area contributed by atoms with E-state index in [-0.39, 0.29) is 0 Å². The van der Waals surface area contributed by atoms with Crippen molar-refractivity contribution in [3.63, 3.8) is 0 Å². The fourth-order valence-corrected chi connectivity index (χ4v) is 3.03. The van der Waals surface area contributed by atoms with E-state index in [1.54, 1.807) is 12.4 Å². The summed E-state index contributed by atoms with van der Waals surface area (Å²) in [6.45, 7) is 1.32. The number of aromatic nitrogens is 3. The molecule has 0 saturated carbocycles. The lowest BCUT2D eigenvalue weighted by atomic mass is 10.2. The number of para-hydroxylation sites is 2. The summed E-state index contributed by atoms with van der Waals surface area (Å²) < 4.78 is 0. The highest BCUT2D eigenvalue weighted by Gasteiger charge is 2.13. The highest BCUT2D eigenvalue weighted by molar-refractivity contribution is 5.82. The maximum Gasteiger partial charge on any atom is 0.0864 e. The summed E-state index contributed by atoms with van der Waals surface area (Å²) in [7, 11) is 0. The lowest BCUT2D eigenvalue weighted by molar-refractivity contribution is 0.765. The van der Waals surface area contributed by atoms with Gasteiger partial charge in [0.2, 0.25) is 0 Å². The minimum atomic E-state index is 0.660. The standard InChI is InChI=1S/C24H21N5/c1-2-13-24(23(12-1)28-17-20-9-3-6-14-25-20)29(18-21-10-4-7-15-26-21)19-22-11-5-8-16-27-22/h1-17H,18-19H2. The summed E-state index contributed by atoms with van der Waals surface area (Å²) in [4.78, 5) is 20.3. The van der Waals surface area contributed by atoms with E-state index in [0.29, 0.717) is 13.1 Å². The molecule has 0 atom stereocenters. The molecule has 0 radical (unpaired) electrons.